The first kappa shape index (κ1) is 33.6. The van der Waals surface area contributed by atoms with Crippen LogP contribution in [0.3, 0.4) is 0 Å². The van der Waals surface area contributed by atoms with Crippen molar-refractivity contribution in [3.63, 3.8) is 0 Å². The number of carbonyl (C=O) groups is 1. The summed E-state index contributed by atoms with van der Waals surface area (Å²) in [5.74, 6) is -0.0558. The quantitative estimate of drug-likeness (QED) is 0.152. The molecule has 1 fully saturated rings. The van der Waals surface area contributed by atoms with Crippen molar-refractivity contribution in [3.05, 3.63) is 84.2 Å². The Morgan fingerprint density at radius 3 is 2.45 bits per heavy atom. The number of piperazine rings is 1. The summed E-state index contributed by atoms with van der Waals surface area (Å²) in [5.41, 5.74) is 0.686. The molecule has 1 aliphatic heterocycles. The molecule has 5 rings (SSSR count). The second-order valence-corrected chi connectivity index (χ2v) is 12.7. The Morgan fingerprint density at radius 1 is 0.936 bits per heavy atom. The zero-order chi connectivity index (χ0) is 33.4. The fourth-order valence-electron chi connectivity index (χ4n) is 5.07. The average molecular weight is 665 g/mol. The van der Waals surface area contributed by atoms with E-state index < -0.39 is 21.6 Å². The number of ether oxygens (including phenoxy) is 4. The Morgan fingerprint density at radius 2 is 1.70 bits per heavy atom. The van der Waals surface area contributed by atoms with Crippen LogP contribution in [0.1, 0.15) is 6.42 Å². The van der Waals surface area contributed by atoms with Crippen molar-refractivity contribution >= 4 is 32.3 Å². The zero-order valence-electron chi connectivity index (χ0n) is 26.4. The molecule has 47 heavy (non-hydrogen) atoms. The standard InChI is InChI=1S/C34H37FN4O7S/c1-38-15-17-39(18-16-38)14-6-19-45-32-23-27-25(22-31(32)44-3)28(11-13-36-27)46-29-10-9-24(21-26(29)35)37-34(40)12-20-47(41,42)33-8-5-4-7-30(33)43-2/h4-5,7-13,20-23H,6,14-19H2,1-3H3,(H,37,40)/b20-12+. The van der Waals surface area contributed by atoms with Crippen LogP contribution in [0.5, 0.6) is 28.7 Å². The van der Waals surface area contributed by atoms with Crippen molar-refractivity contribution < 1.29 is 36.6 Å². The molecule has 1 N–H and O–H groups in total. The normalized spacial score (nSPS) is 14.3. The van der Waals surface area contributed by atoms with Crippen LogP contribution in [0.4, 0.5) is 10.1 Å². The molecule has 3 aromatic carbocycles. The monoisotopic (exact) mass is 664 g/mol. The maximum Gasteiger partial charge on any atom is 0.249 e. The number of anilines is 1. The minimum absolute atomic E-state index is 0.0826. The lowest BCUT2D eigenvalue weighted by molar-refractivity contribution is -0.111. The number of methoxy groups -OCH3 is 2. The van der Waals surface area contributed by atoms with Crippen LogP contribution in [0, 0.1) is 5.82 Å². The number of para-hydroxylation sites is 1. The van der Waals surface area contributed by atoms with Crippen molar-refractivity contribution in [2.45, 2.75) is 11.3 Å². The Labute approximate surface area is 273 Å². The summed E-state index contributed by atoms with van der Waals surface area (Å²) in [6.45, 7) is 5.71. The van der Waals surface area contributed by atoms with Gasteiger partial charge in [-0.1, -0.05) is 12.1 Å². The first-order valence-electron chi connectivity index (χ1n) is 15.0. The summed E-state index contributed by atoms with van der Waals surface area (Å²) >= 11 is 0. The number of pyridine rings is 1. The van der Waals surface area contributed by atoms with E-state index in [1.807, 2.05) is 0 Å². The Balaban J connectivity index is 1.23. The van der Waals surface area contributed by atoms with E-state index in [0.29, 0.717) is 34.8 Å². The molecule has 1 saturated heterocycles. The van der Waals surface area contributed by atoms with Crippen molar-refractivity contribution in [1.82, 2.24) is 14.8 Å². The molecule has 1 amide bonds. The van der Waals surface area contributed by atoms with E-state index in [-0.39, 0.29) is 22.1 Å². The highest BCUT2D eigenvalue weighted by molar-refractivity contribution is 7.94. The van der Waals surface area contributed by atoms with Gasteiger partial charge in [0.25, 0.3) is 0 Å². The number of amides is 1. The van der Waals surface area contributed by atoms with Crippen LogP contribution in [0.15, 0.2) is 83.2 Å². The lowest BCUT2D eigenvalue weighted by atomic mass is 10.1. The Kier molecular flexibility index (Phi) is 10.9. The number of benzene rings is 3. The third kappa shape index (κ3) is 8.56. The number of aromatic nitrogens is 1. The van der Waals surface area contributed by atoms with E-state index in [2.05, 4.69) is 27.1 Å². The maximum atomic E-state index is 15.1. The van der Waals surface area contributed by atoms with Gasteiger partial charge in [0.2, 0.25) is 15.7 Å². The van der Waals surface area contributed by atoms with Crippen LogP contribution >= 0.6 is 0 Å². The number of fused-ring (bicyclic) bond motifs is 1. The van der Waals surface area contributed by atoms with Gasteiger partial charge in [-0.05, 0) is 49.9 Å². The summed E-state index contributed by atoms with van der Waals surface area (Å²) < 4.78 is 63.1. The van der Waals surface area contributed by atoms with Crippen molar-refractivity contribution in [2.24, 2.45) is 0 Å². The lowest BCUT2D eigenvalue weighted by Crippen LogP contribution is -2.44. The van der Waals surface area contributed by atoms with Gasteiger partial charge in [0.15, 0.2) is 23.1 Å². The van der Waals surface area contributed by atoms with Crippen LogP contribution in [0.25, 0.3) is 10.9 Å². The molecule has 1 aromatic heterocycles. The fraction of sp³-hybridized carbons (Fsp3) is 0.294. The third-order valence-corrected chi connectivity index (χ3v) is 9.10. The van der Waals surface area contributed by atoms with Gasteiger partial charge >= 0.3 is 0 Å². The molecular weight excluding hydrogens is 627 g/mol. The predicted molar refractivity (Wildman–Crippen MR) is 177 cm³/mol. The number of hydrogen-bond donors (Lipinski definition) is 1. The SMILES string of the molecule is COc1cc2c(Oc3ccc(NC(=O)/C=C/S(=O)(=O)c4ccccc4OC)cc3F)ccnc2cc1OCCCN1CCN(C)CC1. The summed E-state index contributed by atoms with van der Waals surface area (Å²) in [5, 5.41) is 3.81. The summed E-state index contributed by atoms with van der Waals surface area (Å²) in [6, 6.07) is 15.1. The topological polar surface area (TPSA) is 120 Å². The Bertz CT molecular complexity index is 1860. The van der Waals surface area contributed by atoms with E-state index in [0.717, 1.165) is 56.7 Å². The second-order valence-electron chi connectivity index (χ2n) is 10.9. The largest absolute Gasteiger partial charge is 0.495 e. The molecule has 11 nitrogen and oxygen atoms in total. The second kappa shape index (κ2) is 15.2. The summed E-state index contributed by atoms with van der Waals surface area (Å²) in [7, 11) is 1.07. The summed E-state index contributed by atoms with van der Waals surface area (Å²) in [4.78, 5) is 21.6. The van der Waals surface area contributed by atoms with Crippen LogP contribution in [-0.2, 0) is 14.6 Å². The van der Waals surface area contributed by atoms with E-state index in [1.54, 1.807) is 43.6 Å². The van der Waals surface area contributed by atoms with Gasteiger partial charge in [0.1, 0.15) is 16.4 Å². The van der Waals surface area contributed by atoms with Gasteiger partial charge in [-0.25, -0.2) is 12.8 Å². The third-order valence-electron chi connectivity index (χ3n) is 7.65. The molecule has 13 heteroatoms. The summed E-state index contributed by atoms with van der Waals surface area (Å²) in [6.07, 6.45) is 3.28. The van der Waals surface area contributed by atoms with Crippen molar-refractivity contribution in [2.75, 3.05) is 65.9 Å². The predicted octanol–water partition coefficient (Wildman–Crippen LogP) is 5.13. The smallest absolute Gasteiger partial charge is 0.249 e. The number of hydrogen-bond acceptors (Lipinski definition) is 10. The molecule has 0 bridgehead atoms. The number of carbonyl (C=O) groups excluding carboxylic acids is 1. The molecule has 0 atom stereocenters. The van der Waals surface area contributed by atoms with E-state index in [9.17, 15) is 13.2 Å². The Hall–Kier alpha value is -4.72. The zero-order valence-corrected chi connectivity index (χ0v) is 27.3. The van der Waals surface area contributed by atoms with Gasteiger partial charge in [-0.2, -0.15) is 0 Å². The molecular formula is C34H37FN4O7S. The number of nitrogens with zero attached hydrogens (tertiary/aromatic N) is 3. The molecule has 0 saturated carbocycles. The number of halogens is 1. The number of likely N-dealkylation sites (N-methyl/N-ethyl adjacent to an activating group) is 1. The van der Waals surface area contributed by atoms with Gasteiger partial charge < -0.3 is 34.1 Å². The van der Waals surface area contributed by atoms with Gasteiger partial charge in [0.05, 0.1) is 26.3 Å². The average Bonchev–Trinajstić information content (AvgIpc) is 3.07. The molecule has 248 valence electrons. The molecule has 4 aromatic rings. The highest BCUT2D eigenvalue weighted by Gasteiger charge is 2.18. The van der Waals surface area contributed by atoms with E-state index >= 15 is 4.39 Å². The molecule has 1 aliphatic rings. The first-order chi connectivity index (χ1) is 22.7. The minimum Gasteiger partial charge on any atom is -0.495 e. The van der Waals surface area contributed by atoms with Crippen molar-refractivity contribution in [1.29, 1.82) is 0 Å². The highest BCUT2D eigenvalue weighted by atomic mass is 32.2. The highest BCUT2D eigenvalue weighted by Crippen LogP contribution is 2.38. The van der Waals surface area contributed by atoms with E-state index in [1.165, 1.54) is 31.4 Å². The van der Waals surface area contributed by atoms with Crippen molar-refractivity contribution in [3.8, 4) is 28.7 Å². The van der Waals surface area contributed by atoms with E-state index in [4.69, 9.17) is 18.9 Å². The molecule has 0 unspecified atom stereocenters. The van der Waals surface area contributed by atoms with Gasteiger partial charge in [-0.15, -0.1) is 0 Å². The van der Waals surface area contributed by atoms with Crippen LogP contribution in [-0.4, -0.2) is 89.7 Å². The van der Waals surface area contributed by atoms with Crippen LogP contribution in [0.2, 0.25) is 0 Å². The minimum atomic E-state index is -3.96. The molecule has 0 aliphatic carbocycles. The van der Waals surface area contributed by atoms with Crippen LogP contribution < -0.4 is 24.3 Å². The van der Waals surface area contributed by atoms with Gasteiger partial charge in [-0.3, -0.25) is 9.78 Å². The lowest BCUT2D eigenvalue weighted by Gasteiger charge is -2.32. The fourth-order valence-corrected chi connectivity index (χ4v) is 6.22. The van der Waals surface area contributed by atoms with Gasteiger partial charge in [0, 0.05) is 73.6 Å². The maximum absolute atomic E-state index is 15.1. The number of sulfone groups is 1. The molecule has 2 heterocycles. The number of rotatable bonds is 13. The molecule has 0 spiro atoms. The molecule has 0 radical (unpaired) electrons. The first-order valence-corrected chi connectivity index (χ1v) is 16.6. The number of nitrogens with one attached hydrogen (secondary N) is 1.